The second-order valence-corrected chi connectivity index (χ2v) is 4.34. The van der Waals surface area contributed by atoms with Gasteiger partial charge in [0, 0.05) is 0 Å². The Morgan fingerprint density at radius 3 is 2.79 bits per heavy atom. The number of hydrogen-bond acceptors (Lipinski definition) is 5. The van der Waals surface area contributed by atoms with E-state index in [0.29, 0.717) is 6.42 Å². The Bertz CT molecular complexity index is 666. The summed E-state index contributed by atoms with van der Waals surface area (Å²) >= 11 is 0. The van der Waals surface area contributed by atoms with Gasteiger partial charge in [-0.1, -0.05) is 12.1 Å². The zero-order valence-corrected chi connectivity index (χ0v) is 10.3. The molecule has 1 aromatic carbocycles. The molecule has 0 saturated heterocycles. The minimum Gasteiger partial charge on any atom is -0.472 e. The van der Waals surface area contributed by atoms with Gasteiger partial charge in [-0.3, -0.25) is 16.3 Å². The Balaban J connectivity index is 1.92. The highest BCUT2D eigenvalue weighted by Gasteiger charge is 2.13. The highest BCUT2D eigenvalue weighted by atomic mass is 16.3. The van der Waals surface area contributed by atoms with Crippen LogP contribution in [0.3, 0.4) is 0 Å². The summed E-state index contributed by atoms with van der Waals surface area (Å²) in [6, 6.07) is 9.60. The molecule has 1 atom stereocenters. The van der Waals surface area contributed by atoms with Gasteiger partial charge in [0.15, 0.2) is 0 Å². The van der Waals surface area contributed by atoms with Gasteiger partial charge in [0.1, 0.15) is 0 Å². The molecule has 0 saturated carbocycles. The van der Waals surface area contributed by atoms with E-state index in [1.54, 1.807) is 18.7 Å². The zero-order valence-electron chi connectivity index (χ0n) is 10.3. The van der Waals surface area contributed by atoms with Crippen LogP contribution in [0.4, 0.5) is 0 Å². The number of nitrogens with two attached hydrogens (primary N) is 1. The number of hydrogen-bond donors (Lipinski definition) is 2. The summed E-state index contributed by atoms with van der Waals surface area (Å²) in [6.07, 6.45) is 5.82. The predicted molar refractivity (Wildman–Crippen MR) is 72.0 cm³/mol. The molecular formula is C14H14N4O. The summed E-state index contributed by atoms with van der Waals surface area (Å²) in [7, 11) is 0. The van der Waals surface area contributed by atoms with Crippen molar-refractivity contribution >= 4 is 11.0 Å². The molecule has 2 heterocycles. The molecule has 0 aliphatic heterocycles. The summed E-state index contributed by atoms with van der Waals surface area (Å²) in [5.41, 5.74) is 6.41. The molecule has 0 aliphatic carbocycles. The topological polar surface area (TPSA) is 77.0 Å². The van der Waals surface area contributed by atoms with Crippen LogP contribution >= 0.6 is 0 Å². The minimum absolute atomic E-state index is 0.0882. The van der Waals surface area contributed by atoms with E-state index in [2.05, 4.69) is 15.4 Å². The number of para-hydroxylation sites is 2. The van der Waals surface area contributed by atoms with Crippen molar-refractivity contribution in [2.45, 2.75) is 12.5 Å². The van der Waals surface area contributed by atoms with Crippen LogP contribution in [0, 0.1) is 0 Å². The Morgan fingerprint density at radius 1 is 1.21 bits per heavy atom. The van der Waals surface area contributed by atoms with Crippen LogP contribution in [0.2, 0.25) is 0 Å². The van der Waals surface area contributed by atoms with Crippen LogP contribution < -0.4 is 11.3 Å². The number of aromatic nitrogens is 2. The van der Waals surface area contributed by atoms with Crippen molar-refractivity contribution < 1.29 is 4.42 Å². The van der Waals surface area contributed by atoms with E-state index in [0.717, 1.165) is 22.3 Å². The second-order valence-electron chi connectivity index (χ2n) is 4.34. The van der Waals surface area contributed by atoms with E-state index < -0.39 is 0 Å². The lowest BCUT2D eigenvalue weighted by Gasteiger charge is -2.14. The summed E-state index contributed by atoms with van der Waals surface area (Å²) in [5.74, 6) is 5.62. The maximum Gasteiger partial charge on any atom is 0.0935 e. The number of furan rings is 1. The molecule has 0 bridgehead atoms. The standard InChI is InChI=1S/C14H14N4O/c15-18-13(7-10-5-6-19-9-10)14-8-16-11-3-1-2-4-12(11)17-14/h1-6,8-9,13,18H,7,15H2. The largest absolute Gasteiger partial charge is 0.472 e. The quantitative estimate of drug-likeness (QED) is 0.550. The first-order chi connectivity index (χ1) is 9.36. The molecule has 3 rings (SSSR count). The molecule has 3 N–H and O–H groups in total. The fraction of sp³-hybridized carbons (Fsp3) is 0.143. The molecule has 0 spiro atoms. The molecule has 19 heavy (non-hydrogen) atoms. The molecule has 5 heteroatoms. The Hall–Kier alpha value is -2.24. The van der Waals surface area contributed by atoms with Crippen molar-refractivity contribution in [1.29, 1.82) is 0 Å². The fourth-order valence-electron chi connectivity index (χ4n) is 2.03. The molecule has 0 fully saturated rings. The molecule has 96 valence electrons. The first-order valence-corrected chi connectivity index (χ1v) is 6.05. The van der Waals surface area contributed by atoms with E-state index in [1.165, 1.54) is 0 Å². The van der Waals surface area contributed by atoms with Gasteiger partial charge in [-0.15, -0.1) is 0 Å². The van der Waals surface area contributed by atoms with Crippen molar-refractivity contribution in [3.63, 3.8) is 0 Å². The second kappa shape index (κ2) is 5.17. The van der Waals surface area contributed by atoms with Crippen molar-refractivity contribution in [3.8, 4) is 0 Å². The van der Waals surface area contributed by atoms with E-state index in [1.807, 2.05) is 30.3 Å². The fourth-order valence-corrected chi connectivity index (χ4v) is 2.03. The summed E-state index contributed by atoms with van der Waals surface area (Å²) < 4.78 is 5.06. The van der Waals surface area contributed by atoms with Crippen molar-refractivity contribution in [2.24, 2.45) is 5.84 Å². The maximum absolute atomic E-state index is 5.62. The normalized spacial score (nSPS) is 12.7. The average molecular weight is 254 g/mol. The zero-order chi connectivity index (χ0) is 13.1. The number of nitrogens with zero attached hydrogens (tertiary/aromatic N) is 2. The summed E-state index contributed by atoms with van der Waals surface area (Å²) in [4.78, 5) is 8.99. The van der Waals surface area contributed by atoms with Crippen molar-refractivity contribution in [3.05, 3.63) is 60.3 Å². The Kier molecular flexibility index (Phi) is 3.22. The molecule has 0 radical (unpaired) electrons. The lowest BCUT2D eigenvalue weighted by molar-refractivity contribution is 0.526. The van der Waals surface area contributed by atoms with E-state index in [4.69, 9.17) is 10.3 Å². The van der Waals surface area contributed by atoms with Gasteiger partial charge < -0.3 is 4.42 Å². The van der Waals surface area contributed by atoms with Crippen LogP contribution in [0.15, 0.2) is 53.5 Å². The maximum atomic E-state index is 5.62. The third-order valence-corrected chi connectivity index (χ3v) is 3.05. The van der Waals surface area contributed by atoms with Gasteiger partial charge >= 0.3 is 0 Å². The third kappa shape index (κ3) is 2.47. The van der Waals surface area contributed by atoms with E-state index in [-0.39, 0.29) is 6.04 Å². The first-order valence-electron chi connectivity index (χ1n) is 6.05. The lowest BCUT2D eigenvalue weighted by Crippen LogP contribution is -2.30. The molecule has 2 aromatic heterocycles. The van der Waals surface area contributed by atoms with Gasteiger partial charge in [-0.25, -0.2) is 4.98 Å². The van der Waals surface area contributed by atoms with Crippen LogP contribution in [0.1, 0.15) is 17.3 Å². The predicted octanol–water partition coefficient (Wildman–Crippen LogP) is 1.97. The van der Waals surface area contributed by atoms with Gasteiger partial charge in [-0.2, -0.15) is 0 Å². The Morgan fingerprint density at radius 2 is 2.05 bits per heavy atom. The molecule has 1 unspecified atom stereocenters. The smallest absolute Gasteiger partial charge is 0.0935 e. The molecule has 3 aromatic rings. The lowest BCUT2D eigenvalue weighted by atomic mass is 10.1. The van der Waals surface area contributed by atoms with Crippen LogP contribution in [-0.4, -0.2) is 9.97 Å². The Labute approximate surface area is 110 Å². The summed E-state index contributed by atoms with van der Waals surface area (Å²) in [6.45, 7) is 0. The van der Waals surface area contributed by atoms with Gasteiger partial charge in [0.2, 0.25) is 0 Å². The van der Waals surface area contributed by atoms with Gasteiger partial charge in [-0.05, 0) is 30.2 Å². The van der Waals surface area contributed by atoms with Gasteiger partial charge in [0.05, 0.1) is 41.5 Å². The third-order valence-electron chi connectivity index (χ3n) is 3.05. The molecule has 0 aliphatic rings. The highest BCUT2D eigenvalue weighted by Crippen LogP contribution is 2.18. The van der Waals surface area contributed by atoms with Gasteiger partial charge in [0.25, 0.3) is 0 Å². The number of rotatable bonds is 4. The SMILES string of the molecule is NNC(Cc1ccoc1)c1cnc2ccccc2n1. The number of benzene rings is 1. The monoisotopic (exact) mass is 254 g/mol. The first kappa shape index (κ1) is 11.8. The molecule has 0 amide bonds. The number of hydrazine groups is 1. The van der Waals surface area contributed by atoms with Crippen molar-refractivity contribution in [2.75, 3.05) is 0 Å². The van der Waals surface area contributed by atoms with Crippen LogP contribution in [0.5, 0.6) is 0 Å². The number of nitrogens with one attached hydrogen (secondary N) is 1. The molecule has 5 nitrogen and oxygen atoms in total. The van der Waals surface area contributed by atoms with Crippen molar-refractivity contribution in [1.82, 2.24) is 15.4 Å². The van der Waals surface area contributed by atoms with Crippen LogP contribution in [-0.2, 0) is 6.42 Å². The number of fused-ring (bicyclic) bond motifs is 1. The molecular weight excluding hydrogens is 240 g/mol. The average Bonchev–Trinajstić information content (AvgIpc) is 2.97. The minimum atomic E-state index is -0.0882. The van der Waals surface area contributed by atoms with E-state index >= 15 is 0 Å². The van der Waals surface area contributed by atoms with E-state index in [9.17, 15) is 0 Å². The van der Waals surface area contributed by atoms with Crippen LogP contribution in [0.25, 0.3) is 11.0 Å². The highest BCUT2D eigenvalue weighted by molar-refractivity contribution is 5.73. The summed E-state index contributed by atoms with van der Waals surface area (Å²) in [5, 5.41) is 0.